The van der Waals surface area contributed by atoms with Crippen molar-refractivity contribution in [2.45, 2.75) is 33.2 Å². The molecule has 0 radical (unpaired) electrons. The van der Waals surface area contributed by atoms with Gasteiger partial charge in [0.1, 0.15) is 5.82 Å². The SMILES string of the molecule is CCOC(=O)c1ccccc1NC(=O)c1ccc(NC(C)(C)C)nn1. The Hall–Kier alpha value is -2.96. The fourth-order valence-corrected chi connectivity index (χ4v) is 2.07. The minimum Gasteiger partial charge on any atom is -0.462 e. The standard InChI is InChI=1S/C18H22N4O3/c1-5-25-17(24)12-8-6-7-9-13(12)19-16(23)14-10-11-15(22-21-14)20-18(2,3)4/h6-11H,5H2,1-4H3,(H,19,23)(H,20,22). The Balaban J connectivity index is 2.14. The molecule has 0 aliphatic carbocycles. The molecule has 2 N–H and O–H groups in total. The van der Waals surface area contributed by atoms with Crippen LogP contribution in [0.2, 0.25) is 0 Å². The maximum Gasteiger partial charge on any atom is 0.340 e. The van der Waals surface area contributed by atoms with E-state index in [-0.39, 0.29) is 23.4 Å². The fourth-order valence-electron chi connectivity index (χ4n) is 2.07. The average molecular weight is 342 g/mol. The normalized spacial score (nSPS) is 10.9. The Morgan fingerprint density at radius 1 is 1.08 bits per heavy atom. The van der Waals surface area contributed by atoms with Crippen molar-refractivity contribution in [2.24, 2.45) is 0 Å². The lowest BCUT2D eigenvalue weighted by molar-refractivity contribution is 0.0527. The number of carbonyl (C=O) groups excluding carboxylic acids is 2. The van der Waals surface area contributed by atoms with Crippen molar-refractivity contribution >= 4 is 23.4 Å². The molecule has 1 aromatic heterocycles. The summed E-state index contributed by atoms with van der Waals surface area (Å²) in [5, 5.41) is 13.8. The monoisotopic (exact) mass is 342 g/mol. The van der Waals surface area contributed by atoms with E-state index in [2.05, 4.69) is 20.8 Å². The number of esters is 1. The number of benzene rings is 1. The molecule has 0 spiro atoms. The summed E-state index contributed by atoms with van der Waals surface area (Å²) in [6.45, 7) is 7.99. The molecule has 0 saturated heterocycles. The number of aromatic nitrogens is 2. The van der Waals surface area contributed by atoms with Crippen LogP contribution >= 0.6 is 0 Å². The van der Waals surface area contributed by atoms with Crippen molar-refractivity contribution in [1.29, 1.82) is 0 Å². The second-order valence-electron chi connectivity index (χ2n) is 6.40. The first-order valence-corrected chi connectivity index (χ1v) is 7.99. The minimum absolute atomic E-state index is 0.151. The van der Waals surface area contributed by atoms with E-state index in [4.69, 9.17) is 4.74 Å². The van der Waals surface area contributed by atoms with Gasteiger partial charge in [0.25, 0.3) is 5.91 Å². The summed E-state index contributed by atoms with van der Waals surface area (Å²) in [6.07, 6.45) is 0. The Kier molecular flexibility index (Phi) is 5.69. The molecule has 2 rings (SSSR count). The Morgan fingerprint density at radius 3 is 2.40 bits per heavy atom. The second kappa shape index (κ2) is 7.74. The highest BCUT2D eigenvalue weighted by molar-refractivity contribution is 6.07. The zero-order chi connectivity index (χ0) is 18.4. The maximum absolute atomic E-state index is 12.4. The highest BCUT2D eigenvalue weighted by Gasteiger charge is 2.16. The number of para-hydroxylation sites is 1. The van der Waals surface area contributed by atoms with Crippen LogP contribution < -0.4 is 10.6 Å². The van der Waals surface area contributed by atoms with Crippen molar-refractivity contribution in [3.63, 3.8) is 0 Å². The van der Waals surface area contributed by atoms with Crippen LogP contribution in [0.3, 0.4) is 0 Å². The van der Waals surface area contributed by atoms with E-state index in [1.54, 1.807) is 43.3 Å². The van der Waals surface area contributed by atoms with Crippen LogP contribution in [0.15, 0.2) is 36.4 Å². The van der Waals surface area contributed by atoms with E-state index < -0.39 is 11.9 Å². The summed E-state index contributed by atoms with van der Waals surface area (Å²) < 4.78 is 4.99. The van der Waals surface area contributed by atoms with Crippen molar-refractivity contribution in [2.75, 3.05) is 17.2 Å². The van der Waals surface area contributed by atoms with Crippen LogP contribution in [-0.2, 0) is 4.74 Å². The molecular weight excluding hydrogens is 320 g/mol. The quantitative estimate of drug-likeness (QED) is 0.811. The van der Waals surface area contributed by atoms with Gasteiger partial charge < -0.3 is 15.4 Å². The van der Waals surface area contributed by atoms with Gasteiger partial charge in [-0.15, -0.1) is 10.2 Å². The van der Waals surface area contributed by atoms with Gasteiger partial charge in [0, 0.05) is 5.54 Å². The van der Waals surface area contributed by atoms with Gasteiger partial charge in [0.05, 0.1) is 17.9 Å². The molecule has 0 bridgehead atoms. The van der Waals surface area contributed by atoms with Gasteiger partial charge in [-0.25, -0.2) is 4.79 Å². The maximum atomic E-state index is 12.4. The lowest BCUT2D eigenvalue weighted by Gasteiger charge is -2.20. The Labute approximate surface area is 146 Å². The number of carbonyl (C=O) groups is 2. The van der Waals surface area contributed by atoms with E-state index in [1.807, 2.05) is 20.8 Å². The lowest BCUT2D eigenvalue weighted by atomic mass is 10.1. The molecular formula is C18H22N4O3. The zero-order valence-corrected chi connectivity index (χ0v) is 14.8. The smallest absolute Gasteiger partial charge is 0.340 e. The molecule has 132 valence electrons. The number of amides is 1. The third-order valence-corrected chi connectivity index (χ3v) is 3.07. The second-order valence-corrected chi connectivity index (χ2v) is 6.40. The zero-order valence-electron chi connectivity index (χ0n) is 14.8. The molecule has 7 nitrogen and oxygen atoms in total. The number of anilines is 2. The predicted molar refractivity (Wildman–Crippen MR) is 95.8 cm³/mol. The number of ether oxygens (including phenoxy) is 1. The van der Waals surface area contributed by atoms with E-state index in [1.165, 1.54) is 0 Å². The summed E-state index contributed by atoms with van der Waals surface area (Å²) >= 11 is 0. The van der Waals surface area contributed by atoms with Gasteiger partial charge in [0.2, 0.25) is 0 Å². The van der Waals surface area contributed by atoms with Crippen LogP contribution in [0.5, 0.6) is 0 Å². The minimum atomic E-state index is -0.491. The third-order valence-electron chi connectivity index (χ3n) is 3.07. The molecule has 0 unspecified atom stereocenters. The number of hydrogen-bond acceptors (Lipinski definition) is 6. The van der Waals surface area contributed by atoms with Gasteiger partial charge in [-0.3, -0.25) is 4.79 Å². The van der Waals surface area contributed by atoms with Gasteiger partial charge >= 0.3 is 5.97 Å². The number of nitrogens with one attached hydrogen (secondary N) is 2. The van der Waals surface area contributed by atoms with Crippen molar-refractivity contribution in [1.82, 2.24) is 10.2 Å². The van der Waals surface area contributed by atoms with Crippen LogP contribution in [0, 0.1) is 0 Å². The molecule has 2 aromatic rings. The Morgan fingerprint density at radius 2 is 1.80 bits per heavy atom. The van der Waals surface area contributed by atoms with E-state index in [0.717, 1.165) is 0 Å². The average Bonchev–Trinajstić information content (AvgIpc) is 2.54. The predicted octanol–water partition coefficient (Wildman–Crippen LogP) is 3.12. The van der Waals surface area contributed by atoms with E-state index in [0.29, 0.717) is 11.5 Å². The summed E-state index contributed by atoms with van der Waals surface area (Å²) in [6, 6.07) is 9.91. The fraction of sp³-hybridized carbons (Fsp3) is 0.333. The van der Waals surface area contributed by atoms with Crippen molar-refractivity contribution < 1.29 is 14.3 Å². The molecule has 0 atom stereocenters. The summed E-state index contributed by atoms with van der Waals surface area (Å²) in [5.74, 6) is -0.364. The summed E-state index contributed by atoms with van der Waals surface area (Å²) in [5.41, 5.74) is 0.649. The molecule has 0 aliphatic heterocycles. The first-order valence-electron chi connectivity index (χ1n) is 7.99. The number of rotatable bonds is 5. The molecule has 25 heavy (non-hydrogen) atoms. The van der Waals surface area contributed by atoms with Crippen LogP contribution in [0.25, 0.3) is 0 Å². The van der Waals surface area contributed by atoms with E-state index in [9.17, 15) is 9.59 Å². The largest absolute Gasteiger partial charge is 0.462 e. The summed E-state index contributed by atoms with van der Waals surface area (Å²) in [4.78, 5) is 24.3. The molecule has 7 heteroatoms. The third kappa shape index (κ3) is 5.27. The number of hydrogen-bond donors (Lipinski definition) is 2. The Bertz CT molecular complexity index is 752. The molecule has 1 heterocycles. The molecule has 1 aromatic carbocycles. The topological polar surface area (TPSA) is 93.2 Å². The lowest BCUT2D eigenvalue weighted by Crippen LogP contribution is -2.27. The van der Waals surface area contributed by atoms with Gasteiger partial charge in [-0.05, 0) is 52.0 Å². The van der Waals surface area contributed by atoms with Gasteiger partial charge in [-0.2, -0.15) is 0 Å². The van der Waals surface area contributed by atoms with Crippen molar-refractivity contribution in [3.8, 4) is 0 Å². The first kappa shape index (κ1) is 18.4. The molecule has 0 fully saturated rings. The molecule has 1 amide bonds. The van der Waals surface area contributed by atoms with E-state index >= 15 is 0 Å². The molecule has 0 saturated carbocycles. The summed E-state index contributed by atoms with van der Waals surface area (Å²) in [7, 11) is 0. The van der Waals surface area contributed by atoms with Gasteiger partial charge in [0.15, 0.2) is 5.69 Å². The van der Waals surface area contributed by atoms with Crippen molar-refractivity contribution in [3.05, 3.63) is 47.7 Å². The molecule has 0 aliphatic rings. The highest BCUT2D eigenvalue weighted by atomic mass is 16.5. The van der Waals surface area contributed by atoms with Crippen LogP contribution in [0.1, 0.15) is 48.5 Å². The number of nitrogens with zero attached hydrogens (tertiary/aromatic N) is 2. The van der Waals surface area contributed by atoms with Gasteiger partial charge in [-0.1, -0.05) is 12.1 Å². The highest BCUT2D eigenvalue weighted by Crippen LogP contribution is 2.17. The van der Waals surface area contributed by atoms with Crippen LogP contribution in [0.4, 0.5) is 11.5 Å². The van der Waals surface area contributed by atoms with Crippen LogP contribution in [-0.4, -0.2) is 34.2 Å². The first-order chi connectivity index (χ1) is 11.8.